The lowest BCUT2D eigenvalue weighted by Crippen LogP contribution is -2.55. The van der Waals surface area contributed by atoms with Crippen molar-refractivity contribution in [2.75, 3.05) is 26.7 Å². The van der Waals surface area contributed by atoms with E-state index in [-0.39, 0.29) is 5.97 Å². The van der Waals surface area contributed by atoms with E-state index in [4.69, 9.17) is 5.26 Å². The van der Waals surface area contributed by atoms with Crippen LogP contribution in [-0.2, 0) is 0 Å². The predicted octanol–water partition coefficient (Wildman–Crippen LogP) is 6.00. The highest BCUT2D eigenvalue weighted by atomic mass is 19.4. The van der Waals surface area contributed by atoms with Crippen molar-refractivity contribution in [1.82, 2.24) is 0 Å². The van der Waals surface area contributed by atoms with Crippen LogP contribution >= 0.6 is 0 Å². The van der Waals surface area contributed by atoms with Crippen LogP contribution in [0.25, 0.3) is 0 Å². The van der Waals surface area contributed by atoms with Gasteiger partial charge in [-0.05, 0) is 19.3 Å². The number of quaternary nitrogens is 1. The second-order valence-corrected chi connectivity index (χ2v) is 6.76. The van der Waals surface area contributed by atoms with Crippen LogP contribution in [0.5, 0.6) is 0 Å². The second kappa shape index (κ2) is 11.7. The number of nitriles is 1. The molecule has 0 fully saturated rings. The molecule has 0 aliphatic rings. The summed E-state index contributed by atoms with van der Waals surface area (Å²) in [6, 6.07) is 0. The third kappa shape index (κ3) is 9.10. The Morgan fingerprint density at radius 2 is 1.12 bits per heavy atom. The third-order valence-electron chi connectivity index (χ3n) is 4.15. The van der Waals surface area contributed by atoms with E-state index in [2.05, 4.69) is 27.8 Å². The molecule has 26 heavy (non-hydrogen) atoms. The van der Waals surface area contributed by atoms with Gasteiger partial charge in [-0.3, -0.25) is 0 Å². The number of unbranched alkanes of at least 4 members (excludes halogenated alkanes) is 3. The SMILES string of the molecule is CCCC[N+](C)(CCCC)CCCC.N#C[B-](F)(F)C(F)(F)C(F)(F)F. The Balaban J connectivity index is 0. The van der Waals surface area contributed by atoms with Crippen molar-refractivity contribution in [3.8, 4) is 5.97 Å². The summed E-state index contributed by atoms with van der Waals surface area (Å²) in [6.45, 7) is 4.65. The summed E-state index contributed by atoms with van der Waals surface area (Å²) in [6.07, 6.45) is 1.80. The quantitative estimate of drug-likeness (QED) is 0.253. The van der Waals surface area contributed by atoms with Crippen LogP contribution in [0.3, 0.4) is 0 Å². The summed E-state index contributed by atoms with van der Waals surface area (Å²) in [5.74, 6) is -6.60. The molecule has 156 valence electrons. The first-order chi connectivity index (χ1) is 11.7. The Bertz CT molecular complexity index is 398. The summed E-state index contributed by atoms with van der Waals surface area (Å²) in [5, 5.41) is 7.34. The minimum atomic E-state index is -6.40. The van der Waals surface area contributed by atoms with Crippen LogP contribution < -0.4 is 0 Å². The van der Waals surface area contributed by atoms with Crippen LogP contribution in [-0.4, -0.2) is 49.9 Å². The van der Waals surface area contributed by atoms with E-state index in [0.29, 0.717) is 0 Å². The molecule has 0 saturated carbocycles. The number of hydrogen-bond donors (Lipinski definition) is 0. The van der Waals surface area contributed by atoms with Gasteiger partial charge in [-0.2, -0.15) is 13.2 Å². The first kappa shape index (κ1) is 27.2. The van der Waals surface area contributed by atoms with Gasteiger partial charge < -0.3 is 13.1 Å². The fraction of sp³-hybridized carbons (Fsp3) is 0.938. The van der Waals surface area contributed by atoms with Gasteiger partial charge in [-0.25, -0.2) is 14.0 Å². The summed E-state index contributed by atoms with van der Waals surface area (Å²) in [4.78, 5) is 0. The molecule has 0 aliphatic heterocycles. The lowest BCUT2D eigenvalue weighted by atomic mass is 9.59. The summed E-state index contributed by atoms with van der Waals surface area (Å²) >= 11 is 0. The lowest BCUT2D eigenvalue weighted by molar-refractivity contribution is -0.910. The van der Waals surface area contributed by atoms with Gasteiger partial charge in [-0.15, -0.1) is 0 Å². The average Bonchev–Trinajstić information content (AvgIpc) is 2.56. The van der Waals surface area contributed by atoms with Gasteiger partial charge >= 0.3 is 12.9 Å². The van der Waals surface area contributed by atoms with E-state index >= 15 is 0 Å². The molecule has 0 aromatic rings. The molecule has 0 amide bonds. The molecule has 0 atom stereocenters. The standard InChI is InChI=1S/C13H30N.C3BF7N/c1-5-8-11-14(4,12-9-6-2)13-10-7-3;5-2(6,3(7,8)9)4(10,11)1-12/h5-13H2,1-4H3;/q+1;-1. The number of alkyl halides is 5. The fourth-order valence-corrected chi connectivity index (χ4v) is 2.24. The highest BCUT2D eigenvalue weighted by molar-refractivity contribution is 6.76. The molecule has 0 rings (SSSR count). The number of hydrogen-bond acceptors (Lipinski definition) is 1. The maximum atomic E-state index is 11.7. The Morgan fingerprint density at radius 1 is 0.808 bits per heavy atom. The van der Waals surface area contributed by atoms with Gasteiger partial charge in [0.2, 0.25) is 0 Å². The van der Waals surface area contributed by atoms with Gasteiger partial charge in [0.15, 0.2) is 0 Å². The maximum absolute atomic E-state index is 11.7. The molecule has 10 heteroatoms. The fourth-order valence-electron chi connectivity index (χ4n) is 2.24. The van der Waals surface area contributed by atoms with Crippen molar-refractivity contribution >= 4 is 6.70 Å². The molecular weight excluding hydrogens is 364 g/mol. The second-order valence-electron chi connectivity index (χ2n) is 6.76. The van der Waals surface area contributed by atoms with E-state index in [1.54, 1.807) is 0 Å². The van der Waals surface area contributed by atoms with E-state index in [0.717, 1.165) is 0 Å². The maximum Gasteiger partial charge on any atom is 0.484 e. The van der Waals surface area contributed by atoms with Crippen molar-refractivity contribution in [1.29, 1.82) is 5.26 Å². The first-order valence-corrected chi connectivity index (χ1v) is 8.95. The lowest BCUT2D eigenvalue weighted by Gasteiger charge is -2.34. The van der Waals surface area contributed by atoms with Crippen LogP contribution in [0.1, 0.15) is 59.3 Å². The Labute approximate surface area is 151 Å². The zero-order chi connectivity index (χ0) is 21.1. The van der Waals surface area contributed by atoms with E-state index in [1.165, 1.54) is 62.6 Å². The van der Waals surface area contributed by atoms with Crippen molar-refractivity contribution in [3.05, 3.63) is 0 Å². The van der Waals surface area contributed by atoms with Crippen LogP contribution in [0.15, 0.2) is 0 Å². The Hall–Kier alpha value is -0.975. The molecule has 2 nitrogen and oxygen atoms in total. The van der Waals surface area contributed by atoms with Crippen molar-refractivity contribution in [2.24, 2.45) is 0 Å². The largest absolute Gasteiger partial charge is 0.484 e. The highest BCUT2D eigenvalue weighted by Crippen LogP contribution is 2.43. The topological polar surface area (TPSA) is 23.8 Å². The Morgan fingerprint density at radius 3 is 1.27 bits per heavy atom. The van der Waals surface area contributed by atoms with Crippen molar-refractivity contribution in [3.63, 3.8) is 0 Å². The smallest absolute Gasteiger partial charge is 0.461 e. The zero-order valence-corrected chi connectivity index (χ0v) is 16.0. The summed E-state index contributed by atoms with van der Waals surface area (Å²) in [5.41, 5.74) is 0. The van der Waals surface area contributed by atoms with Crippen molar-refractivity contribution < 1.29 is 35.1 Å². The molecule has 0 unspecified atom stereocenters. The molecule has 0 heterocycles. The molecule has 0 N–H and O–H groups in total. The molecular formula is C16H30BF7N2. The van der Waals surface area contributed by atoms with Crippen LogP contribution in [0.4, 0.5) is 30.6 Å². The minimum Gasteiger partial charge on any atom is -0.461 e. The van der Waals surface area contributed by atoms with Crippen LogP contribution in [0.2, 0.25) is 0 Å². The Kier molecular flexibility index (Phi) is 12.2. The molecule has 0 spiro atoms. The first-order valence-electron chi connectivity index (χ1n) is 8.95. The highest BCUT2D eigenvalue weighted by Gasteiger charge is 2.68. The molecule has 0 aromatic heterocycles. The zero-order valence-electron chi connectivity index (χ0n) is 16.0. The monoisotopic (exact) mass is 394 g/mol. The van der Waals surface area contributed by atoms with Gasteiger partial charge in [0.25, 0.3) is 5.82 Å². The number of halogens is 7. The van der Waals surface area contributed by atoms with Gasteiger partial charge in [0.05, 0.1) is 26.7 Å². The predicted molar refractivity (Wildman–Crippen MR) is 90.1 cm³/mol. The molecule has 0 aliphatic carbocycles. The molecule has 0 aromatic carbocycles. The van der Waals surface area contributed by atoms with Crippen molar-refractivity contribution in [2.45, 2.75) is 71.3 Å². The average molecular weight is 394 g/mol. The summed E-state index contributed by atoms with van der Waals surface area (Å²) < 4.78 is 81.4. The van der Waals surface area contributed by atoms with E-state index < -0.39 is 18.7 Å². The number of nitrogens with zero attached hydrogens (tertiary/aromatic N) is 2. The molecule has 0 bridgehead atoms. The van der Waals surface area contributed by atoms with E-state index in [9.17, 15) is 30.6 Å². The van der Waals surface area contributed by atoms with E-state index in [1.807, 2.05) is 0 Å². The van der Waals surface area contributed by atoms with Gasteiger partial charge in [0, 0.05) is 0 Å². The van der Waals surface area contributed by atoms with Gasteiger partial charge in [-0.1, -0.05) is 46.0 Å². The normalized spacial score (nSPS) is 13.0. The third-order valence-corrected chi connectivity index (χ3v) is 4.15. The van der Waals surface area contributed by atoms with Gasteiger partial charge in [0.1, 0.15) is 0 Å². The molecule has 0 radical (unpaired) electrons. The number of rotatable bonds is 10. The minimum absolute atomic E-state index is 0.353. The summed E-state index contributed by atoms with van der Waals surface area (Å²) in [7, 11) is 2.45. The van der Waals surface area contributed by atoms with Crippen LogP contribution in [0, 0.1) is 11.2 Å². The molecule has 0 saturated heterocycles.